The number of aliphatic hydroxyl groups is 1. The monoisotopic (exact) mass is 399 g/mol. The van der Waals surface area contributed by atoms with Crippen molar-refractivity contribution in [3.05, 3.63) is 53.9 Å². The molecule has 2 N–H and O–H groups in total. The Bertz CT molecular complexity index is 1000. The van der Waals surface area contributed by atoms with Gasteiger partial charge in [0, 0.05) is 13.1 Å². The first-order valence-corrected chi connectivity index (χ1v) is 9.78. The van der Waals surface area contributed by atoms with Crippen LogP contribution in [0.15, 0.2) is 42.5 Å². The Morgan fingerprint density at radius 1 is 1.21 bits per heavy atom. The predicted octanol–water partition coefficient (Wildman–Crippen LogP) is 2.85. The lowest BCUT2D eigenvalue weighted by molar-refractivity contribution is 0.152. The highest BCUT2D eigenvalue weighted by Crippen LogP contribution is 2.26. The molecule has 2 aromatic carbocycles. The van der Waals surface area contributed by atoms with E-state index in [4.69, 9.17) is 9.47 Å². The lowest BCUT2D eigenvalue weighted by atomic mass is 10.1. The highest BCUT2D eigenvalue weighted by molar-refractivity contribution is 8.14. The van der Waals surface area contributed by atoms with Gasteiger partial charge >= 0.3 is 0 Å². The predicted molar refractivity (Wildman–Crippen MR) is 108 cm³/mol. The van der Waals surface area contributed by atoms with Gasteiger partial charge < -0.3 is 24.5 Å². The summed E-state index contributed by atoms with van der Waals surface area (Å²) in [6, 6.07) is 13.5. The van der Waals surface area contributed by atoms with Crippen LogP contribution in [0.2, 0.25) is 0 Å². The topological polar surface area (TPSA) is 85.6 Å². The van der Waals surface area contributed by atoms with E-state index in [2.05, 4.69) is 10.3 Å². The lowest BCUT2D eigenvalue weighted by Gasteiger charge is -2.12. The summed E-state index contributed by atoms with van der Waals surface area (Å²) in [7, 11) is 3.60. The van der Waals surface area contributed by atoms with E-state index in [-0.39, 0.29) is 10.5 Å². The number of aromatic nitrogens is 2. The molecule has 1 saturated heterocycles. The molecule has 2 unspecified atom stereocenters. The molecule has 1 aliphatic rings. The molecule has 7 nitrogen and oxygen atoms in total. The van der Waals surface area contributed by atoms with E-state index in [1.807, 2.05) is 54.1 Å². The number of carbonyl (C=O) groups is 1. The van der Waals surface area contributed by atoms with Crippen molar-refractivity contribution in [1.29, 1.82) is 0 Å². The molecule has 0 saturated carbocycles. The lowest BCUT2D eigenvalue weighted by Crippen LogP contribution is -2.31. The number of methoxy groups -OCH3 is 1. The average Bonchev–Trinajstić information content (AvgIpc) is 3.19. The zero-order valence-corrected chi connectivity index (χ0v) is 16.4. The number of benzene rings is 2. The van der Waals surface area contributed by atoms with Gasteiger partial charge in [0.15, 0.2) is 0 Å². The molecule has 0 bridgehead atoms. The van der Waals surface area contributed by atoms with E-state index in [1.54, 1.807) is 7.11 Å². The van der Waals surface area contributed by atoms with Crippen LogP contribution in [0.25, 0.3) is 11.0 Å². The van der Waals surface area contributed by atoms with Crippen molar-refractivity contribution >= 4 is 28.0 Å². The molecule has 0 spiro atoms. The van der Waals surface area contributed by atoms with Crippen LogP contribution in [0.3, 0.4) is 0 Å². The van der Waals surface area contributed by atoms with Crippen molar-refractivity contribution in [3.63, 3.8) is 0 Å². The number of rotatable bonds is 6. The second-order valence-electron chi connectivity index (χ2n) is 6.61. The molecule has 28 heavy (non-hydrogen) atoms. The van der Waals surface area contributed by atoms with E-state index < -0.39 is 6.23 Å². The van der Waals surface area contributed by atoms with Crippen molar-refractivity contribution in [3.8, 4) is 11.5 Å². The van der Waals surface area contributed by atoms with E-state index in [1.165, 1.54) is 0 Å². The van der Waals surface area contributed by atoms with Crippen molar-refractivity contribution in [2.75, 3.05) is 7.11 Å². The van der Waals surface area contributed by atoms with Gasteiger partial charge in [-0.2, -0.15) is 0 Å². The van der Waals surface area contributed by atoms with Crippen LogP contribution >= 0.6 is 11.8 Å². The van der Waals surface area contributed by atoms with Gasteiger partial charge in [-0.15, -0.1) is 0 Å². The number of fused-ring (bicyclic) bond motifs is 1. The number of nitrogens with one attached hydrogen (secondary N) is 1. The molecule has 3 aromatic rings. The highest BCUT2D eigenvalue weighted by Gasteiger charge is 2.31. The molecule has 1 amide bonds. The molecule has 1 aromatic heterocycles. The van der Waals surface area contributed by atoms with E-state index in [9.17, 15) is 9.90 Å². The summed E-state index contributed by atoms with van der Waals surface area (Å²) in [5.74, 6) is 2.35. The molecule has 0 aliphatic carbocycles. The Labute approximate surface area is 166 Å². The zero-order chi connectivity index (χ0) is 19.7. The summed E-state index contributed by atoms with van der Waals surface area (Å²) >= 11 is 1.14. The van der Waals surface area contributed by atoms with Crippen LogP contribution in [0.5, 0.6) is 11.5 Å². The van der Waals surface area contributed by atoms with E-state index >= 15 is 0 Å². The first-order chi connectivity index (χ1) is 13.5. The van der Waals surface area contributed by atoms with Crippen molar-refractivity contribution in [1.82, 2.24) is 14.9 Å². The van der Waals surface area contributed by atoms with Crippen molar-refractivity contribution < 1.29 is 19.4 Å². The Balaban J connectivity index is 1.40. The minimum atomic E-state index is -0.801. The van der Waals surface area contributed by atoms with Crippen molar-refractivity contribution in [2.45, 2.75) is 24.5 Å². The fourth-order valence-electron chi connectivity index (χ4n) is 3.18. The molecule has 1 aliphatic heterocycles. The largest absolute Gasteiger partial charge is 0.497 e. The Morgan fingerprint density at radius 2 is 1.96 bits per heavy atom. The van der Waals surface area contributed by atoms with Gasteiger partial charge in [-0.1, -0.05) is 23.9 Å². The van der Waals surface area contributed by atoms with Crippen LogP contribution in [0.4, 0.5) is 4.79 Å². The second kappa shape index (κ2) is 7.73. The van der Waals surface area contributed by atoms with Gasteiger partial charge in [-0.05, 0) is 36.2 Å². The number of nitrogens with zero attached hydrogens (tertiary/aromatic N) is 2. The number of imidazole rings is 1. The van der Waals surface area contributed by atoms with Gasteiger partial charge in [0.2, 0.25) is 0 Å². The third-order valence-electron chi connectivity index (χ3n) is 4.79. The molecular weight excluding hydrogens is 378 g/mol. The fourth-order valence-corrected chi connectivity index (χ4v) is 4.12. The smallest absolute Gasteiger partial charge is 0.281 e. The summed E-state index contributed by atoms with van der Waals surface area (Å²) in [6.07, 6.45) is -0.193. The average molecular weight is 399 g/mol. The number of thioether (sulfide) groups is 1. The van der Waals surface area contributed by atoms with E-state index in [0.29, 0.717) is 13.0 Å². The van der Waals surface area contributed by atoms with E-state index in [0.717, 1.165) is 45.7 Å². The molecule has 2 atom stereocenters. The quantitative estimate of drug-likeness (QED) is 0.663. The Morgan fingerprint density at radius 3 is 2.64 bits per heavy atom. The van der Waals surface area contributed by atoms with Crippen molar-refractivity contribution in [2.24, 2.45) is 7.05 Å². The van der Waals surface area contributed by atoms with Gasteiger partial charge in [-0.3, -0.25) is 4.79 Å². The summed E-state index contributed by atoms with van der Waals surface area (Å²) in [4.78, 5) is 15.9. The number of hydrogen-bond acceptors (Lipinski definition) is 6. The van der Waals surface area contributed by atoms with Gasteiger partial charge in [0.05, 0.1) is 23.4 Å². The summed E-state index contributed by atoms with van der Waals surface area (Å²) in [5.41, 5.74) is 2.92. The normalized spacial score (nSPS) is 19.0. The van der Waals surface area contributed by atoms with Crippen LogP contribution in [-0.2, 0) is 20.1 Å². The Kier molecular flexibility index (Phi) is 5.15. The highest BCUT2D eigenvalue weighted by atomic mass is 32.2. The number of ether oxygens (including phenoxy) is 2. The fraction of sp³-hybridized carbons (Fsp3) is 0.300. The SMILES string of the molecule is COc1ccc2nc(COc3ccc(CC4SC(=O)NC4O)cc3)n(C)c2c1. The van der Waals surface area contributed by atoms with Crippen LogP contribution in [0, 0.1) is 0 Å². The first kappa shape index (κ1) is 18.6. The molecule has 146 valence electrons. The second-order valence-corrected chi connectivity index (χ2v) is 7.82. The maximum atomic E-state index is 11.3. The summed E-state index contributed by atoms with van der Waals surface area (Å²) in [5, 5.41) is 12.0. The maximum Gasteiger partial charge on any atom is 0.281 e. The molecule has 8 heteroatoms. The number of aliphatic hydroxyl groups excluding tert-OH is 1. The van der Waals surface area contributed by atoms with Gasteiger partial charge in [0.25, 0.3) is 5.24 Å². The molecule has 0 radical (unpaired) electrons. The third kappa shape index (κ3) is 3.79. The maximum absolute atomic E-state index is 11.3. The van der Waals surface area contributed by atoms with Gasteiger partial charge in [0.1, 0.15) is 30.2 Å². The molecule has 2 heterocycles. The molecular formula is C20H21N3O4S. The number of carbonyl (C=O) groups excluding carboxylic acids is 1. The zero-order valence-electron chi connectivity index (χ0n) is 15.6. The number of amides is 1. The molecule has 4 rings (SSSR count). The number of aryl methyl sites for hydroxylation is 1. The van der Waals surface area contributed by atoms with Crippen LogP contribution in [-0.4, -0.2) is 38.5 Å². The minimum absolute atomic E-state index is 0.170. The number of hydrogen-bond donors (Lipinski definition) is 2. The Hall–Kier alpha value is -2.71. The summed E-state index contributed by atoms with van der Waals surface area (Å²) < 4.78 is 13.2. The summed E-state index contributed by atoms with van der Waals surface area (Å²) in [6.45, 7) is 0.350. The standard InChI is InChI=1S/C20H21N3O4S/c1-23-16-10-14(26-2)7-8-15(16)21-18(23)11-27-13-5-3-12(4-6-13)9-17-19(24)22-20(25)28-17/h3-8,10,17,19,24H,9,11H2,1-2H3,(H,22,25). The van der Waals surface area contributed by atoms with Crippen LogP contribution < -0.4 is 14.8 Å². The molecule has 1 fully saturated rings. The third-order valence-corrected chi connectivity index (χ3v) is 5.84. The van der Waals surface area contributed by atoms with Crippen LogP contribution in [0.1, 0.15) is 11.4 Å². The first-order valence-electron chi connectivity index (χ1n) is 8.90. The van der Waals surface area contributed by atoms with Gasteiger partial charge in [-0.25, -0.2) is 4.98 Å². The minimum Gasteiger partial charge on any atom is -0.497 e.